The molecule has 0 saturated heterocycles. The normalized spacial score (nSPS) is 10.2. The van der Waals surface area contributed by atoms with Gasteiger partial charge in [0.25, 0.3) is 5.69 Å². The quantitative estimate of drug-likeness (QED) is 0.542. The van der Waals surface area contributed by atoms with Gasteiger partial charge in [-0.15, -0.1) is 0 Å². The summed E-state index contributed by atoms with van der Waals surface area (Å²) in [6.45, 7) is 0. The number of nitrogens with zero attached hydrogens (tertiary/aromatic N) is 4. The molecule has 7 heteroatoms. The van der Waals surface area contributed by atoms with E-state index in [-0.39, 0.29) is 11.6 Å². The Balaban J connectivity index is 1.75. The summed E-state index contributed by atoms with van der Waals surface area (Å²) in [5, 5.41) is 10.5. The molecule has 0 atom stereocenters. The second kappa shape index (κ2) is 5.96. The van der Waals surface area contributed by atoms with Crippen LogP contribution in [0, 0.1) is 10.1 Å². The lowest BCUT2D eigenvalue weighted by Crippen LogP contribution is -1.93. The average Bonchev–Trinajstić information content (AvgIpc) is 2.57. The van der Waals surface area contributed by atoms with E-state index in [4.69, 9.17) is 4.74 Å². The van der Waals surface area contributed by atoms with Crippen molar-refractivity contribution in [3.05, 3.63) is 71.2 Å². The molecule has 3 aromatic rings. The molecule has 2 heterocycles. The van der Waals surface area contributed by atoms with Crippen LogP contribution in [-0.2, 0) is 0 Å². The van der Waals surface area contributed by atoms with E-state index in [9.17, 15) is 10.1 Å². The van der Waals surface area contributed by atoms with Gasteiger partial charge in [-0.3, -0.25) is 10.1 Å². The number of ether oxygens (including phenoxy) is 1. The number of hydrogen-bond donors (Lipinski definition) is 0. The maximum Gasteiger partial charge on any atom is 0.287 e. The lowest BCUT2D eigenvalue weighted by Gasteiger charge is -2.04. The summed E-state index contributed by atoms with van der Waals surface area (Å²) in [7, 11) is 0. The van der Waals surface area contributed by atoms with Gasteiger partial charge in [0.2, 0.25) is 5.88 Å². The number of hydrogen-bond acceptors (Lipinski definition) is 6. The van der Waals surface area contributed by atoms with E-state index in [1.54, 1.807) is 0 Å². The number of nitro groups is 1. The minimum atomic E-state index is -0.519. The van der Waals surface area contributed by atoms with Gasteiger partial charge in [-0.05, 0) is 0 Å². The number of rotatable bonds is 4. The lowest BCUT2D eigenvalue weighted by molar-refractivity contribution is -0.385. The lowest BCUT2D eigenvalue weighted by atomic mass is 10.2. The van der Waals surface area contributed by atoms with Crippen LogP contribution in [-0.4, -0.2) is 19.9 Å². The van der Waals surface area contributed by atoms with E-state index in [0.29, 0.717) is 11.6 Å². The molecule has 7 nitrogen and oxygen atoms in total. The summed E-state index contributed by atoms with van der Waals surface area (Å²) in [5.74, 6) is 1.23. The molecule has 2 aromatic heterocycles. The summed E-state index contributed by atoms with van der Waals surface area (Å²) in [5.41, 5.74) is 0.811. The molecule has 0 spiro atoms. The molecule has 0 fully saturated rings. The molecule has 1 aromatic carbocycles. The van der Waals surface area contributed by atoms with Gasteiger partial charge >= 0.3 is 0 Å². The van der Waals surface area contributed by atoms with E-state index in [0.717, 1.165) is 11.8 Å². The van der Waals surface area contributed by atoms with Crippen molar-refractivity contribution >= 4 is 5.69 Å². The second-order valence-corrected chi connectivity index (χ2v) is 4.32. The zero-order valence-corrected chi connectivity index (χ0v) is 11.3. The Morgan fingerprint density at radius 2 is 1.64 bits per heavy atom. The van der Waals surface area contributed by atoms with Crippen molar-refractivity contribution < 1.29 is 9.66 Å². The van der Waals surface area contributed by atoms with E-state index in [2.05, 4.69) is 15.0 Å². The van der Waals surface area contributed by atoms with Crippen LogP contribution in [0.1, 0.15) is 0 Å². The molecule has 0 amide bonds. The number of benzene rings is 1. The van der Waals surface area contributed by atoms with Crippen LogP contribution in [0.4, 0.5) is 5.69 Å². The summed E-state index contributed by atoms with van der Waals surface area (Å²) in [4.78, 5) is 22.3. The molecular formula is C15H10N4O3. The summed E-state index contributed by atoms with van der Waals surface area (Å²) in [6.07, 6.45) is 4.19. The van der Waals surface area contributed by atoms with Crippen molar-refractivity contribution in [2.24, 2.45) is 0 Å². The first-order valence-electron chi connectivity index (χ1n) is 6.38. The molecule has 0 bridgehead atoms. The third kappa shape index (κ3) is 3.04. The number of aromatic nitrogens is 3. The van der Waals surface area contributed by atoms with Gasteiger partial charge < -0.3 is 4.74 Å². The highest BCUT2D eigenvalue weighted by molar-refractivity contribution is 5.54. The molecule has 22 heavy (non-hydrogen) atoms. The van der Waals surface area contributed by atoms with Crippen LogP contribution in [0.2, 0.25) is 0 Å². The van der Waals surface area contributed by atoms with Crippen molar-refractivity contribution in [2.75, 3.05) is 0 Å². The predicted molar refractivity (Wildman–Crippen MR) is 78.4 cm³/mol. The van der Waals surface area contributed by atoms with Gasteiger partial charge in [0.15, 0.2) is 11.6 Å². The van der Waals surface area contributed by atoms with Gasteiger partial charge in [0.05, 0.1) is 17.3 Å². The van der Waals surface area contributed by atoms with Gasteiger partial charge in [0, 0.05) is 17.7 Å². The highest BCUT2D eigenvalue weighted by Gasteiger charge is 2.07. The van der Waals surface area contributed by atoms with Crippen LogP contribution in [0.25, 0.3) is 11.4 Å². The molecule has 0 aliphatic carbocycles. The van der Waals surface area contributed by atoms with Gasteiger partial charge in [-0.1, -0.05) is 30.3 Å². The van der Waals surface area contributed by atoms with E-state index in [1.807, 2.05) is 30.3 Å². The third-order valence-electron chi connectivity index (χ3n) is 2.81. The minimum Gasteiger partial charge on any atom is -0.436 e. The van der Waals surface area contributed by atoms with E-state index in [1.165, 1.54) is 24.5 Å². The molecule has 0 radical (unpaired) electrons. The zero-order valence-electron chi connectivity index (χ0n) is 11.3. The molecular weight excluding hydrogens is 284 g/mol. The first kappa shape index (κ1) is 13.6. The Bertz CT molecular complexity index is 774. The second-order valence-electron chi connectivity index (χ2n) is 4.32. The fraction of sp³-hybridized carbons (Fsp3) is 0. The molecule has 0 aliphatic rings. The Morgan fingerprint density at radius 1 is 0.909 bits per heavy atom. The van der Waals surface area contributed by atoms with Crippen molar-refractivity contribution in [1.29, 1.82) is 0 Å². The maximum absolute atomic E-state index is 10.5. The Kier molecular flexibility index (Phi) is 3.69. The Hall–Kier alpha value is -3.35. The van der Waals surface area contributed by atoms with E-state index >= 15 is 0 Å². The largest absolute Gasteiger partial charge is 0.436 e. The highest BCUT2D eigenvalue weighted by Crippen LogP contribution is 2.21. The van der Waals surface area contributed by atoms with Crippen LogP contribution in [0.5, 0.6) is 11.6 Å². The van der Waals surface area contributed by atoms with Gasteiger partial charge in [-0.2, -0.15) is 0 Å². The SMILES string of the molecule is O=[N+]([O-])c1ccc(Oc2cnc(-c3ccccc3)nc2)nc1. The topological polar surface area (TPSA) is 91.0 Å². The molecule has 0 unspecified atom stereocenters. The molecule has 3 rings (SSSR count). The monoisotopic (exact) mass is 294 g/mol. The number of pyridine rings is 1. The van der Waals surface area contributed by atoms with Crippen LogP contribution in [0.15, 0.2) is 61.1 Å². The minimum absolute atomic E-state index is 0.0944. The summed E-state index contributed by atoms with van der Waals surface area (Å²) >= 11 is 0. The van der Waals surface area contributed by atoms with Crippen LogP contribution < -0.4 is 4.74 Å². The smallest absolute Gasteiger partial charge is 0.287 e. The first-order valence-corrected chi connectivity index (χ1v) is 6.38. The first-order chi connectivity index (χ1) is 10.7. The van der Waals surface area contributed by atoms with Gasteiger partial charge in [-0.25, -0.2) is 15.0 Å². The highest BCUT2D eigenvalue weighted by atomic mass is 16.6. The zero-order chi connectivity index (χ0) is 15.4. The van der Waals surface area contributed by atoms with E-state index < -0.39 is 4.92 Å². The van der Waals surface area contributed by atoms with Gasteiger partial charge in [0.1, 0.15) is 6.20 Å². The molecule has 0 N–H and O–H groups in total. The van der Waals surface area contributed by atoms with Crippen LogP contribution in [0.3, 0.4) is 0 Å². The standard InChI is InChI=1S/C15H10N4O3/c20-19(21)12-6-7-14(16-8-12)22-13-9-17-15(18-10-13)11-4-2-1-3-5-11/h1-10H. The fourth-order valence-electron chi connectivity index (χ4n) is 1.77. The molecule has 0 saturated carbocycles. The average molecular weight is 294 g/mol. The third-order valence-corrected chi connectivity index (χ3v) is 2.81. The Labute approximate surface area is 125 Å². The summed E-state index contributed by atoms with van der Waals surface area (Å²) < 4.78 is 5.45. The van der Waals surface area contributed by atoms with Crippen molar-refractivity contribution in [2.45, 2.75) is 0 Å². The van der Waals surface area contributed by atoms with Crippen molar-refractivity contribution in [3.63, 3.8) is 0 Å². The maximum atomic E-state index is 10.5. The molecule has 108 valence electrons. The summed E-state index contributed by atoms with van der Waals surface area (Å²) in [6, 6.07) is 12.3. The Morgan fingerprint density at radius 3 is 2.23 bits per heavy atom. The molecule has 0 aliphatic heterocycles. The van der Waals surface area contributed by atoms with Crippen molar-refractivity contribution in [3.8, 4) is 23.0 Å². The van der Waals surface area contributed by atoms with Crippen molar-refractivity contribution in [1.82, 2.24) is 15.0 Å². The van der Waals surface area contributed by atoms with Crippen LogP contribution >= 0.6 is 0 Å². The predicted octanol–water partition coefficient (Wildman–Crippen LogP) is 3.24. The fourth-order valence-corrected chi connectivity index (χ4v) is 1.77.